The number of carbonyl (C=O) groups is 2. The van der Waals surface area contributed by atoms with Gasteiger partial charge in [-0.25, -0.2) is 13.7 Å². The molecule has 0 spiro atoms. The van der Waals surface area contributed by atoms with Gasteiger partial charge in [-0.3, -0.25) is 4.79 Å². The molecular formula is C20H18ClFN4O3. The van der Waals surface area contributed by atoms with E-state index in [0.29, 0.717) is 48.0 Å². The lowest BCUT2D eigenvalue weighted by Gasteiger charge is -2.27. The van der Waals surface area contributed by atoms with Gasteiger partial charge < -0.3 is 15.0 Å². The van der Waals surface area contributed by atoms with E-state index in [1.165, 1.54) is 29.8 Å². The first-order chi connectivity index (χ1) is 14.0. The van der Waals surface area contributed by atoms with Crippen molar-refractivity contribution in [1.29, 1.82) is 0 Å². The summed E-state index contributed by atoms with van der Waals surface area (Å²) >= 11 is 6.18. The van der Waals surface area contributed by atoms with Crippen molar-refractivity contribution in [2.75, 3.05) is 33.3 Å². The quantitative estimate of drug-likeness (QED) is 0.664. The summed E-state index contributed by atoms with van der Waals surface area (Å²) in [6, 6.07) is 9.16. The van der Waals surface area contributed by atoms with E-state index in [2.05, 4.69) is 10.4 Å². The Morgan fingerprint density at radius 3 is 2.66 bits per heavy atom. The second-order valence-electron chi connectivity index (χ2n) is 6.62. The molecule has 4 rings (SSSR count). The molecule has 1 aromatic carbocycles. The van der Waals surface area contributed by atoms with E-state index in [1.807, 2.05) is 0 Å². The molecule has 29 heavy (non-hydrogen) atoms. The van der Waals surface area contributed by atoms with Gasteiger partial charge in [-0.05, 0) is 36.4 Å². The third-order valence-electron chi connectivity index (χ3n) is 4.86. The number of piperazine rings is 1. The monoisotopic (exact) mass is 416 g/mol. The summed E-state index contributed by atoms with van der Waals surface area (Å²) in [6.45, 7) is 2.40. The van der Waals surface area contributed by atoms with Crippen LogP contribution in [0.4, 0.5) is 4.39 Å². The first kappa shape index (κ1) is 19.4. The van der Waals surface area contributed by atoms with Crippen molar-refractivity contribution in [2.45, 2.75) is 0 Å². The highest BCUT2D eigenvalue weighted by Crippen LogP contribution is 2.26. The van der Waals surface area contributed by atoms with Gasteiger partial charge in [-0.2, -0.15) is 5.10 Å². The van der Waals surface area contributed by atoms with Crippen LogP contribution in [0.5, 0.6) is 0 Å². The number of esters is 1. The lowest BCUT2D eigenvalue weighted by molar-refractivity contribution is 0.0591. The SMILES string of the molecule is COC(=O)c1cc(Cl)c2ccc(-c3ccc(F)c(C(=O)N4CCNCC4)c3)nn12. The zero-order valence-corrected chi connectivity index (χ0v) is 16.4. The van der Waals surface area contributed by atoms with Crippen LogP contribution in [-0.2, 0) is 4.74 Å². The average molecular weight is 417 g/mol. The van der Waals surface area contributed by atoms with E-state index in [-0.39, 0.29) is 17.2 Å². The number of halogens is 2. The van der Waals surface area contributed by atoms with E-state index < -0.39 is 11.8 Å². The Balaban J connectivity index is 1.76. The van der Waals surface area contributed by atoms with E-state index in [1.54, 1.807) is 23.1 Å². The standard InChI is InChI=1S/C20H18ClFN4O3/c1-29-20(28)18-11-14(21)17-5-4-16(24-26(17)18)12-2-3-15(22)13(10-12)19(27)25-8-6-23-7-9-25/h2-5,10-11,23H,6-9H2,1H3. The van der Waals surface area contributed by atoms with Gasteiger partial charge in [0.2, 0.25) is 0 Å². The number of fused-ring (bicyclic) bond motifs is 1. The summed E-state index contributed by atoms with van der Waals surface area (Å²) in [5, 5.41) is 7.97. The predicted molar refractivity (Wildman–Crippen MR) is 106 cm³/mol. The molecule has 3 heterocycles. The number of aromatic nitrogens is 2. The predicted octanol–water partition coefficient (Wildman–Crippen LogP) is 2.63. The number of rotatable bonds is 3. The Morgan fingerprint density at radius 2 is 1.93 bits per heavy atom. The van der Waals surface area contributed by atoms with Gasteiger partial charge in [0, 0.05) is 31.7 Å². The molecule has 0 radical (unpaired) electrons. The molecule has 1 saturated heterocycles. The fraction of sp³-hybridized carbons (Fsp3) is 0.250. The summed E-state index contributed by atoms with van der Waals surface area (Å²) in [7, 11) is 1.27. The maximum Gasteiger partial charge on any atom is 0.356 e. The number of ether oxygens (including phenoxy) is 1. The van der Waals surface area contributed by atoms with Gasteiger partial charge in [0.05, 0.1) is 28.9 Å². The molecule has 150 valence electrons. The third-order valence-corrected chi connectivity index (χ3v) is 5.17. The number of nitrogens with zero attached hydrogens (tertiary/aromatic N) is 3. The van der Waals surface area contributed by atoms with Crippen LogP contribution >= 0.6 is 11.6 Å². The van der Waals surface area contributed by atoms with E-state index in [0.717, 1.165) is 0 Å². The van der Waals surface area contributed by atoms with Crippen LogP contribution in [0, 0.1) is 5.82 Å². The van der Waals surface area contributed by atoms with Crippen molar-refractivity contribution < 1.29 is 18.7 Å². The summed E-state index contributed by atoms with van der Waals surface area (Å²) < 4.78 is 20.5. The Morgan fingerprint density at radius 1 is 1.17 bits per heavy atom. The largest absolute Gasteiger partial charge is 0.464 e. The highest BCUT2D eigenvalue weighted by molar-refractivity contribution is 6.34. The second kappa shape index (κ2) is 7.81. The van der Waals surface area contributed by atoms with E-state index in [4.69, 9.17) is 16.3 Å². The zero-order valence-electron chi connectivity index (χ0n) is 15.6. The number of methoxy groups -OCH3 is 1. The van der Waals surface area contributed by atoms with Gasteiger partial charge in [-0.1, -0.05) is 11.6 Å². The van der Waals surface area contributed by atoms with E-state index in [9.17, 15) is 14.0 Å². The molecule has 1 aliphatic heterocycles. The number of amides is 1. The van der Waals surface area contributed by atoms with Gasteiger partial charge >= 0.3 is 5.97 Å². The molecule has 1 fully saturated rings. The number of nitrogens with one attached hydrogen (secondary N) is 1. The van der Waals surface area contributed by atoms with Gasteiger partial charge in [0.25, 0.3) is 5.91 Å². The van der Waals surface area contributed by atoms with Crippen molar-refractivity contribution in [2.24, 2.45) is 0 Å². The molecule has 1 aliphatic rings. The van der Waals surface area contributed by atoms with Crippen molar-refractivity contribution in [3.05, 3.63) is 58.5 Å². The summed E-state index contributed by atoms with van der Waals surface area (Å²) in [6.07, 6.45) is 0. The van der Waals surface area contributed by atoms with E-state index >= 15 is 0 Å². The minimum Gasteiger partial charge on any atom is -0.464 e. The second-order valence-corrected chi connectivity index (χ2v) is 7.03. The molecule has 0 saturated carbocycles. The third kappa shape index (κ3) is 3.56. The van der Waals surface area contributed by atoms with Crippen LogP contribution in [0.2, 0.25) is 5.02 Å². The number of benzene rings is 1. The van der Waals surface area contributed by atoms with Crippen molar-refractivity contribution in [1.82, 2.24) is 19.8 Å². The summed E-state index contributed by atoms with van der Waals surface area (Å²) in [4.78, 5) is 26.4. The highest BCUT2D eigenvalue weighted by Gasteiger charge is 2.22. The summed E-state index contributed by atoms with van der Waals surface area (Å²) in [5.41, 5.74) is 1.71. The van der Waals surface area contributed by atoms with Crippen LogP contribution in [0.1, 0.15) is 20.8 Å². The highest BCUT2D eigenvalue weighted by atomic mass is 35.5. The lowest BCUT2D eigenvalue weighted by Crippen LogP contribution is -2.46. The molecule has 9 heteroatoms. The van der Waals surface area contributed by atoms with Gasteiger partial charge in [0.1, 0.15) is 5.82 Å². The Labute approximate surface area is 171 Å². The first-order valence-electron chi connectivity index (χ1n) is 9.06. The number of hydrogen-bond acceptors (Lipinski definition) is 5. The van der Waals surface area contributed by atoms with Crippen LogP contribution in [-0.4, -0.2) is 59.7 Å². The molecule has 1 amide bonds. The molecule has 0 unspecified atom stereocenters. The van der Waals surface area contributed by atoms with Crippen molar-refractivity contribution in [3.8, 4) is 11.3 Å². The molecule has 0 bridgehead atoms. The molecule has 0 aliphatic carbocycles. The topological polar surface area (TPSA) is 75.9 Å². The van der Waals surface area contributed by atoms with Gasteiger partial charge in [-0.15, -0.1) is 0 Å². The lowest BCUT2D eigenvalue weighted by atomic mass is 10.1. The minimum atomic E-state index is -0.586. The van der Waals surface area contributed by atoms with Crippen LogP contribution in [0.25, 0.3) is 16.8 Å². The molecule has 7 nitrogen and oxygen atoms in total. The maximum atomic E-state index is 14.4. The number of carbonyl (C=O) groups excluding carboxylic acids is 2. The fourth-order valence-electron chi connectivity index (χ4n) is 3.33. The summed E-state index contributed by atoms with van der Waals surface area (Å²) in [5.74, 6) is -1.52. The fourth-order valence-corrected chi connectivity index (χ4v) is 3.58. The Kier molecular flexibility index (Phi) is 5.21. The Bertz CT molecular complexity index is 1110. The average Bonchev–Trinajstić information content (AvgIpc) is 3.09. The van der Waals surface area contributed by atoms with Gasteiger partial charge in [0.15, 0.2) is 5.69 Å². The maximum absolute atomic E-state index is 14.4. The van der Waals surface area contributed by atoms with Crippen molar-refractivity contribution >= 4 is 29.0 Å². The molecule has 2 aromatic heterocycles. The first-order valence-corrected chi connectivity index (χ1v) is 9.44. The van der Waals surface area contributed by atoms with Crippen molar-refractivity contribution in [3.63, 3.8) is 0 Å². The zero-order chi connectivity index (χ0) is 20.5. The van der Waals surface area contributed by atoms with Crippen LogP contribution in [0.3, 0.4) is 0 Å². The molecular weight excluding hydrogens is 399 g/mol. The number of hydrogen-bond donors (Lipinski definition) is 1. The van der Waals surface area contributed by atoms with Crippen LogP contribution < -0.4 is 5.32 Å². The normalized spacial score (nSPS) is 14.2. The van der Waals surface area contributed by atoms with Crippen LogP contribution in [0.15, 0.2) is 36.4 Å². The molecule has 0 atom stereocenters. The Hall–Kier alpha value is -2.97. The smallest absolute Gasteiger partial charge is 0.356 e. The molecule has 1 N–H and O–H groups in total. The minimum absolute atomic E-state index is 0.00923. The molecule has 3 aromatic rings.